The van der Waals surface area contributed by atoms with Crippen LogP contribution >= 0.6 is 0 Å². The fraction of sp³-hybridized carbons (Fsp3) is 0.353. The van der Waals surface area contributed by atoms with Crippen LogP contribution in [0.1, 0.15) is 36.2 Å². The smallest absolute Gasteiger partial charge is 0.305 e. The molecule has 1 amide bonds. The van der Waals surface area contributed by atoms with Crippen LogP contribution in [0.2, 0.25) is 0 Å². The van der Waals surface area contributed by atoms with E-state index in [-0.39, 0.29) is 11.9 Å². The average Bonchev–Trinajstić information content (AvgIpc) is 3.08. The predicted molar refractivity (Wildman–Crippen MR) is 86.4 cm³/mol. The summed E-state index contributed by atoms with van der Waals surface area (Å²) in [5.74, 6) is -0.347. The molecule has 0 unspecified atom stereocenters. The van der Waals surface area contributed by atoms with Gasteiger partial charge in [-0.1, -0.05) is 24.6 Å². The number of para-hydroxylation sites is 1. The largest absolute Gasteiger partial charge is 0.469 e. The average molecular weight is 315 g/mol. The van der Waals surface area contributed by atoms with Gasteiger partial charge in [0.1, 0.15) is 5.69 Å². The van der Waals surface area contributed by atoms with Crippen molar-refractivity contribution in [3.05, 3.63) is 48.5 Å². The van der Waals surface area contributed by atoms with Crippen LogP contribution in [0.4, 0.5) is 0 Å². The maximum atomic E-state index is 12.2. The fourth-order valence-corrected chi connectivity index (χ4v) is 2.22. The molecule has 0 aliphatic heterocycles. The summed E-state index contributed by atoms with van der Waals surface area (Å²) >= 11 is 0. The van der Waals surface area contributed by atoms with Gasteiger partial charge in [0.25, 0.3) is 5.91 Å². The number of carbonyl (C=O) groups excluding carboxylic acids is 2. The first kappa shape index (κ1) is 16.7. The highest BCUT2D eigenvalue weighted by molar-refractivity contribution is 5.92. The van der Waals surface area contributed by atoms with Gasteiger partial charge >= 0.3 is 5.97 Å². The van der Waals surface area contributed by atoms with Gasteiger partial charge in [-0.15, -0.1) is 0 Å². The number of rotatable bonds is 8. The van der Waals surface area contributed by atoms with E-state index < -0.39 is 0 Å². The minimum atomic E-state index is -0.194. The monoisotopic (exact) mass is 315 g/mol. The van der Waals surface area contributed by atoms with Gasteiger partial charge in [-0.2, -0.15) is 0 Å². The Bertz CT molecular complexity index is 638. The van der Waals surface area contributed by atoms with E-state index >= 15 is 0 Å². The third-order valence-electron chi connectivity index (χ3n) is 3.48. The number of imidazole rings is 1. The molecule has 0 saturated carbocycles. The number of hydrogen-bond acceptors (Lipinski definition) is 4. The van der Waals surface area contributed by atoms with Crippen molar-refractivity contribution in [2.75, 3.05) is 13.7 Å². The molecule has 0 bridgehead atoms. The highest BCUT2D eigenvalue weighted by Gasteiger charge is 2.12. The maximum absolute atomic E-state index is 12.2. The van der Waals surface area contributed by atoms with E-state index in [1.54, 1.807) is 17.1 Å². The Kier molecular flexibility index (Phi) is 6.35. The topological polar surface area (TPSA) is 73.2 Å². The molecule has 2 aromatic rings. The zero-order chi connectivity index (χ0) is 16.5. The number of aromatic nitrogens is 2. The van der Waals surface area contributed by atoms with Gasteiger partial charge in [-0.3, -0.25) is 14.2 Å². The van der Waals surface area contributed by atoms with Crippen LogP contribution in [-0.2, 0) is 9.53 Å². The Morgan fingerprint density at radius 1 is 1.17 bits per heavy atom. The van der Waals surface area contributed by atoms with Crippen LogP contribution < -0.4 is 5.32 Å². The summed E-state index contributed by atoms with van der Waals surface area (Å²) in [6.45, 7) is 0.569. The Morgan fingerprint density at radius 3 is 2.70 bits per heavy atom. The normalized spacial score (nSPS) is 10.3. The summed E-state index contributed by atoms with van der Waals surface area (Å²) in [4.78, 5) is 27.3. The lowest BCUT2D eigenvalue weighted by atomic mass is 10.2. The number of nitrogens with zero attached hydrogens (tertiary/aromatic N) is 2. The second kappa shape index (κ2) is 8.73. The molecule has 1 aromatic carbocycles. The standard InChI is InChI=1S/C17H21N3O3/c1-23-16(21)10-6-3-7-11-19-17(22)15-12-18-13-20(15)14-8-4-2-5-9-14/h2,4-5,8-9,12-13H,3,6-7,10-11H2,1H3,(H,19,22). The molecular weight excluding hydrogens is 294 g/mol. The second-order valence-electron chi connectivity index (χ2n) is 5.13. The van der Waals surface area contributed by atoms with Crippen LogP contribution in [0.3, 0.4) is 0 Å². The molecule has 0 fully saturated rings. The minimum Gasteiger partial charge on any atom is -0.469 e. The number of nitrogens with one attached hydrogen (secondary N) is 1. The SMILES string of the molecule is COC(=O)CCCCCNC(=O)c1cncn1-c1ccccc1. The number of carbonyl (C=O) groups is 2. The number of hydrogen-bond donors (Lipinski definition) is 1. The van der Waals surface area contributed by atoms with Gasteiger partial charge in [-0.05, 0) is 25.0 Å². The Balaban J connectivity index is 1.79. The number of methoxy groups -OCH3 is 1. The van der Waals surface area contributed by atoms with E-state index in [9.17, 15) is 9.59 Å². The van der Waals surface area contributed by atoms with Crippen molar-refractivity contribution in [2.24, 2.45) is 0 Å². The predicted octanol–water partition coefficient (Wildman–Crippen LogP) is 2.34. The molecule has 0 radical (unpaired) electrons. The Morgan fingerprint density at radius 2 is 1.96 bits per heavy atom. The van der Waals surface area contributed by atoms with E-state index in [0.717, 1.165) is 24.9 Å². The molecule has 1 aromatic heterocycles. The summed E-state index contributed by atoms with van der Waals surface area (Å²) in [5, 5.41) is 2.88. The van der Waals surface area contributed by atoms with Crippen LogP contribution in [0.5, 0.6) is 0 Å². The van der Waals surface area contributed by atoms with E-state index in [2.05, 4.69) is 15.0 Å². The summed E-state index contributed by atoms with van der Waals surface area (Å²) in [6, 6.07) is 9.60. The van der Waals surface area contributed by atoms with Gasteiger partial charge in [0, 0.05) is 18.7 Å². The lowest BCUT2D eigenvalue weighted by molar-refractivity contribution is -0.140. The van der Waals surface area contributed by atoms with Gasteiger partial charge in [0.05, 0.1) is 19.6 Å². The number of amides is 1. The van der Waals surface area contributed by atoms with Crippen molar-refractivity contribution in [1.29, 1.82) is 0 Å². The molecule has 122 valence electrons. The molecule has 0 atom stereocenters. The van der Waals surface area contributed by atoms with Crippen LogP contribution in [0, 0.1) is 0 Å². The van der Waals surface area contributed by atoms with E-state index in [4.69, 9.17) is 0 Å². The first-order valence-electron chi connectivity index (χ1n) is 7.65. The first-order valence-corrected chi connectivity index (χ1v) is 7.65. The third-order valence-corrected chi connectivity index (χ3v) is 3.48. The van der Waals surface area contributed by atoms with Crippen molar-refractivity contribution >= 4 is 11.9 Å². The zero-order valence-electron chi connectivity index (χ0n) is 13.2. The van der Waals surface area contributed by atoms with Crippen molar-refractivity contribution in [2.45, 2.75) is 25.7 Å². The molecule has 0 saturated heterocycles. The van der Waals surface area contributed by atoms with Crippen molar-refractivity contribution in [3.63, 3.8) is 0 Å². The third kappa shape index (κ3) is 4.95. The number of esters is 1. The number of unbranched alkanes of at least 4 members (excludes halogenated alkanes) is 2. The summed E-state index contributed by atoms with van der Waals surface area (Å²) in [5.41, 5.74) is 1.40. The lowest BCUT2D eigenvalue weighted by Gasteiger charge is -2.08. The molecule has 1 N–H and O–H groups in total. The molecule has 2 rings (SSSR count). The van der Waals surface area contributed by atoms with E-state index in [1.165, 1.54) is 7.11 Å². The first-order chi connectivity index (χ1) is 11.2. The van der Waals surface area contributed by atoms with Crippen molar-refractivity contribution < 1.29 is 14.3 Å². The van der Waals surface area contributed by atoms with Crippen LogP contribution in [0.15, 0.2) is 42.9 Å². The van der Waals surface area contributed by atoms with Gasteiger partial charge in [0.2, 0.25) is 0 Å². The molecule has 0 aliphatic carbocycles. The molecule has 6 nitrogen and oxygen atoms in total. The van der Waals surface area contributed by atoms with Gasteiger partial charge < -0.3 is 10.1 Å². The lowest BCUT2D eigenvalue weighted by Crippen LogP contribution is -2.26. The van der Waals surface area contributed by atoms with E-state index in [1.807, 2.05) is 30.3 Å². The van der Waals surface area contributed by atoms with Gasteiger partial charge in [-0.25, -0.2) is 4.98 Å². The van der Waals surface area contributed by atoms with Crippen molar-refractivity contribution in [1.82, 2.24) is 14.9 Å². The fourth-order valence-electron chi connectivity index (χ4n) is 2.22. The van der Waals surface area contributed by atoms with Crippen molar-refractivity contribution in [3.8, 4) is 5.69 Å². The summed E-state index contributed by atoms with van der Waals surface area (Å²) in [7, 11) is 1.39. The molecule has 0 spiro atoms. The quantitative estimate of drug-likeness (QED) is 0.599. The second-order valence-corrected chi connectivity index (χ2v) is 5.13. The number of ether oxygens (including phenoxy) is 1. The highest BCUT2D eigenvalue weighted by atomic mass is 16.5. The Hall–Kier alpha value is -2.63. The van der Waals surface area contributed by atoms with E-state index in [0.29, 0.717) is 18.7 Å². The number of benzene rings is 1. The maximum Gasteiger partial charge on any atom is 0.305 e. The van der Waals surface area contributed by atoms with Crippen LogP contribution in [-0.4, -0.2) is 35.1 Å². The van der Waals surface area contributed by atoms with Gasteiger partial charge in [0.15, 0.2) is 0 Å². The minimum absolute atomic E-state index is 0.153. The Labute approximate surface area is 135 Å². The van der Waals surface area contributed by atoms with Crippen LogP contribution in [0.25, 0.3) is 5.69 Å². The molecule has 0 aliphatic rings. The molecule has 1 heterocycles. The summed E-state index contributed by atoms with van der Waals surface area (Å²) in [6.07, 6.45) is 6.06. The zero-order valence-corrected chi connectivity index (χ0v) is 13.2. The molecule has 23 heavy (non-hydrogen) atoms. The summed E-state index contributed by atoms with van der Waals surface area (Å²) < 4.78 is 6.34. The molecular formula is C17H21N3O3. The highest BCUT2D eigenvalue weighted by Crippen LogP contribution is 2.10. The molecule has 6 heteroatoms.